The van der Waals surface area contributed by atoms with E-state index in [4.69, 9.17) is 14.5 Å². The Morgan fingerprint density at radius 1 is 1.10 bits per heavy atom. The minimum atomic E-state index is 0.286. The molecule has 0 saturated carbocycles. The van der Waals surface area contributed by atoms with Gasteiger partial charge in [0.1, 0.15) is 0 Å². The number of hydrogen-bond donors (Lipinski definition) is 2. The lowest BCUT2D eigenvalue weighted by molar-refractivity contribution is 0.0420. The second-order valence-corrected chi connectivity index (χ2v) is 8.34. The molecule has 30 heavy (non-hydrogen) atoms. The molecule has 2 aliphatic heterocycles. The van der Waals surface area contributed by atoms with Crippen molar-refractivity contribution in [3.63, 3.8) is 0 Å². The predicted octanol–water partition coefficient (Wildman–Crippen LogP) is 3.31. The zero-order valence-corrected chi connectivity index (χ0v) is 18.7. The number of hydrogen-bond acceptors (Lipinski definition) is 4. The molecule has 6 heteroatoms. The maximum absolute atomic E-state index is 5.82. The quantitative estimate of drug-likeness (QED) is 0.348. The van der Waals surface area contributed by atoms with Crippen LogP contribution in [0.5, 0.6) is 0 Å². The third kappa shape index (κ3) is 8.62. The molecule has 0 radical (unpaired) electrons. The average molecular weight is 417 g/mol. The van der Waals surface area contributed by atoms with Crippen molar-refractivity contribution in [3.05, 3.63) is 35.4 Å². The van der Waals surface area contributed by atoms with Gasteiger partial charge in [0.2, 0.25) is 0 Å². The summed E-state index contributed by atoms with van der Waals surface area (Å²) in [5.74, 6) is 0.871. The lowest BCUT2D eigenvalue weighted by Gasteiger charge is -2.19. The number of likely N-dealkylation sites (tertiary alicyclic amines) is 1. The lowest BCUT2D eigenvalue weighted by Crippen LogP contribution is -2.38. The molecule has 2 N–H and O–H groups in total. The maximum Gasteiger partial charge on any atom is 0.191 e. The van der Waals surface area contributed by atoms with E-state index in [-0.39, 0.29) is 6.10 Å². The first kappa shape index (κ1) is 23.0. The summed E-state index contributed by atoms with van der Waals surface area (Å²) in [4.78, 5) is 7.33. The van der Waals surface area contributed by atoms with Crippen LogP contribution in [-0.2, 0) is 22.6 Å². The van der Waals surface area contributed by atoms with Crippen molar-refractivity contribution in [2.24, 2.45) is 4.99 Å². The van der Waals surface area contributed by atoms with Crippen molar-refractivity contribution in [2.75, 3.05) is 46.0 Å². The molecule has 1 aromatic rings. The predicted molar refractivity (Wildman–Crippen MR) is 123 cm³/mol. The van der Waals surface area contributed by atoms with E-state index in [2.05, 4.69) is 46.7 Å². The van der Waals surface area contributed by atoms with Crippen LogP contribution in [0.25, 0.3) is 0 Å². The van der Waals surface area contributed by atoms with E-state index >= 15 is 0 Å². The van der Waals surface area contributed by atoms with Gasteiger partial charge in [0.05, 0.1) is 19.3 Å². The van der Waals surface area contributed by atoms with Gasteiger partial charge in [-0.05, 0) is 56.8 Å². The van der Waals surface area contributed by atoms with E-state index < -0.39 is 0 Å². The largest absolute Gasteiger partial charge is 0.379 e. The van der Waals surface area contributed by atoms with Gasteiger partial charge in [0.15, 0.2) is 5.96 Å². The summed E-state index contributed by atoms with van der Waals surface area (Å²) in [5.41, 5.74) is 2.65. The molecule has 2 aliphatic rings. The van der Waals surface area contributed by atoms with E-state index in [1.165, 1.54) is 49.9 Å². The summed E-state index contributed by atoms with van der Waals surface area (Å²) in [6, 6.07) is 8.97. The van der Waals surface area contributed by atoms with Crippen molar-refractivity contribution in [1.82, 2.24) is 15.5 Å². The summed E-state index contributed by atoms with van der Waals surface area (Å²) < 4.78 is 11.2. The van der Waals surface area contributed by atoms with Crippen molar-refractivity contribution < 1.29 is 9.47 Å². The Balaban J connectivity index is 1.38. The molecule has 0 spiro atoms. The second-order valence-electron chi connectivity index (χ2n) is 8.34. The van der Waals surface area contributed by atoms with E-state index in [9.17, 15) is 0 Å². The van der Waals surface area contributed by atoms with E-state index in [0.717, 1.165) is 58.3 Å². The molecule has 6 nitrogen and oxygen atoms in total. The zero-order chi connectivity index (χ0) is 20.9. The van der Waals surface area contributed by atoms with Gasteiger partial charge in [-0.2, -0.15) is 0 Å². The number of rotatable bonds is 10. The molecule has 1 atom stereocenters. The molecule has 1 unspecified atom stereocenters. The Morgan fingerprint density at radius 3 is 2.57 bits per heavy atom. The van der Waals surface area contributed by atoms with Gasteiger partial charge in [0.25, 0.3) is 0 Å². The summed E-state index contributed by atoms with van der Waals surface area (Å²) in [7, 11) is 0. The first-order chi connectivity index (χ1) is 14.8. The van der Waals surface area contributed by atoms with Gasteiger partial charge in [-0.1, -0.05) is 37.1 Å². The molecule has 2 saturated heterocycles. The Labute approximate surface area is 182 Å². The summed E-state index contributed by atoms with van der Waals surface area (Å²) in [6.07, 6.45) is 7.73. The number of guanidine groups is 1. The highest BCUT2D eigenvalue weighted by Gasteiger charge is 2.15. The summed E-state index contributed by atoms with van der Waals surface area (Å²) in [5, 5.41) is 6.74. The molecule has 3 rings (SSSR count). The first-order valence-electron chi connectivity index (χ1n) is 11.8. The maximum atomic E-state index is 5.82. The highest BCUT2D eigenvalue weighted by molar-refractivity contribution is 5.79. The van der Waals surface area contributed by atoms with Crippen LogP contribution in [0, 0.1) is 0 Å². The van der Waals surface area contributed by atoms with Gasteiger partial charge < -0.3 is 20.1 Å². The van der Waals surface area contributed by atoms with Crippen LogP contribution in [0.4, 0.5) is 0 Å². The SMILES string of the molecule is CCNC(=NCc1ccc(CN2CCCCCC2)cc1)NCCCOC1CCOC1. The van der Waals surface area contributed by atoms with Crippen LogP contribution >= 0.6 is 0 Å². The lowest BCUT2D eigenvalue weighted by atomic mass is 10.1. The third-order valence-corrected chi connectivity index (χ3v) is 5.75. The van der Waals surface area contributed by atoms with Gasteiger partial charge in [-0.15, -0.1) is 0 Å². The van der Waals surface area contributed by atoms with Crippen LogP contribution in [-0.4, -0.2) is 63.0 Å². The molecule has 0 amide bonds. The first-order valence-corrected chi connectivity index (χ1v) is 11.8. The van der Waals surface area contributed by atoms with Gasteiger partial charge in [-0.25, -0.2) is 4.99 Å². The number of ether oxygens (including phenoxy) is 2. The molecular formula is C24H40N4O2. The molecule has 0 aliphatic carbocycles. The zero-order valence-electron chi connectivity index (χ0n) is 18.7. The fourth-order valence-corrected chi connectivity index (χ4v) is 3.99. The van der Waals surface area contributed by atoms with E-state index in [0.29, 0.717) is 6.54 Å². The molecular weight excluding hydrogens is 376 g/mol. The molecule has 168 valence electrons. The standard InChI is InChI=1S/C24H40N4O2/c1-2-25-24(26-13-7-16-30-23-12-17-29-20-23)27-18-21-8-10-22(11-9-21)19-28-14-5-3-4-6-15-28/h8-11,23H,2-7,12-20H2,1H3,(H2,25,26,27). The van der Waals surface area contributed by atoms with E-state index in [1.54, 1.807) is 0 Å². The summed E-state index contributed by atoms with van der Waals surface area (Å²) in [6.45, 7) is 10.4. The molecule has 2 heterocycles. The van der Waals surface area contributed by atoms with Gasteiger partial charge in [0, 0.05) is 32.8 Å². The second kappa shape index (κ2) is 13.6. The van der Waals surface area contributed by atoms with Crippen molar-refractivity contribution >= 4 is 5.96 Å². The Kier molecular flexibility index (Phi) is 10.5. The fraction of sp³-hybridized carbons (Fsp3) is 0.708. The van der Waals surface area contributed by atoms with Crippen LogP contribution < -0.4 is 10.6 Å². The van der Waals surface area contributed by atoms with Crippen molar-refractivity contribution in [3.8, 4) is 0 Å². The molecule has 0 bridgehead atoms. The van der Waals surface area contributed by atoms with Gasteiger partial charge in [-0.3, -0.25) is 4.90 Å². The highest BCUT2D eigenvalue weighted by atomic mass is 16.5. The van der Waals surface area contributed by atoms with Crippen molar-refractivity contribution in [2.45, 2.75) is 64.6 Å². The minimum Gasteiger partial charge on any atom is -0.379 e. The number of nitrogens with one attached hydrogen (secondary N) is 2. The monoisotopic (exact) mass is 416 g/mol. The minimum absolute atomic E-state index is 0.286. The average Bonchev–Trinajstić information content (AvgIpc) is 3.15. The van der Waals surface area contributed by atoms with Gasteiger partial charge >= 0.3 is 0 Å². The van der Waals surface area contributed by atoms with Crippen LogP contribution in [0.15, 0.2) is 29.3 Å². The highest BCUT2D eigenvalue weighted by Crippen LogP contribution is 2.14. The normalized spacial score (nSPS) is 20.8. The topological polar surface area (TPSA) is 58.1 Å². The number of benzene rings is 1. The van der Waals surface area contributed by atoms with E-state index in [1.807, 2.05) is 0 Å². The smallest absolute Gasteiger partial charge is 0.191 e. The number of aliphatic imine (C=N–C) groups is 1. The molecule has 2 fully saturated rings. The molecule has 0 aromatic heterocycles. The van der Waals surface area contributed by atoms with Crippen molar-refractivity contribution in [1.29, 1.82) is 0 Å². The summed E-state index contributed by atoms with van der Waals surface area (Å²) >= 11 is 0. The van der Waals surface area contributed by atoms with Crippen LogP contribution in [0.3, 0.4) is 0 Å². The third-order valence-electron chi connectivity index (χ3n) is 5.75. The van der Waals surface area contributed by atoms with Crippen LogP contribution in [0.1, 0.15) is 56.6 Å². The number of nitrogens with zero attached hydrogens (tertiary/aromatic N) is 2. The molecule has 1 aromatic carbocycles. The Bertz CT molecular complexity index is 606. The van der Waals surface area contributed by atoms with Crippen LogP contribution in [0.2, 0.25) is 0 Å². The Morgan fingerprint density at radius 2 is 1.87 bits per heavy atom. The fourth-order valence-electron chi connectivity index (χ4n) is 3.99. The Hall–Kier alpha value is -1.63.